The third-order valence-electron chi connectivity index (χ3n) is 1.93. The van der Waals surface area contributed by atoms with Crippen LogP contribution in [0.25, 0.3) is 0 Å². The molecule has 80 valence electrons. The van der Waals surface area contributed by atoms with Gasteiger partial charge in [-0.1, -0.05) is 0 Å². The Hall–Kier alpha value is -1.50. The van der Waals surface area contributed by atoms with Gasteiger partial charge in [0.05, 0.1) is 17.8 Å². The fourth-order valence-corrected chi connectivity index (χ4v) is 2.13. The molecule has 0 radical (unpaired) electrons. The van der Waals surface area contributed by atoms with Crippen LogP contribution in [0.4, 0.5) is 5.82 Å². The monoisotopic (exact) mass is 226 g/mol. The number of carbonyl (C=O) groups is 2. The second-order valence-electron chi connectivity index (χ2n) is 3.09. The number of nitrogens with zero attached hydrogens (tertiary/aromatic N) is 2. The molecule has 2 N–H and O–H groups in total. The van der Waals surface area contributed by atoms with Crippen molar-refractivity contribution in [3.05, 3.63) is 12.3 Å². The van der Waals surface area contributed by atoms with Gasteiger partial charge < -0.3 is 10.2 Å². The third kappa shape index (κ3) is 2.50. The molecule has 1 saturated heterocycles. The summed E-state index contributed by atoms with van der Waals surface area (Å²) in [5.74, 6) is 1.40. The molecule has 1 aliphatic rings. The van der Waals surface area contributed by atoms with Crippen molar-refractivity contribution in [1.82, 2.24) is 15.1 Å². The van der Waals surface area contributed by atoms with Crippen LogP contribution in [0.1, 0.15) is 0 Å². The van der Waals surface area contributed by atoms with Crippen molar-refractivity contribution in [1.29, 1.82) is 0 Å². The average Bonchev–Trinajstić information content (AvgIpc) is 2.79. The Morgan fingerprint density at radius 3 is 3.20 bits per heavy atom. The molecule has 1 fully saturated rings. The van der Waals surface area contributed by atoms with Crippen molar-refractivity contribution >= 4 is 29.4 Å². The Balaban J connectivity index is 1.84. The summed E-state index contributed by atoms with van der Waals surface area (Å²) in [5.41, 5.74) is 0. The molecule has 7 heteroatoms. The van der Waals surface area contributed by atoms with E-state index in [1.807, 2.05) is 0 Å². The highest BCUT2D eigenvalue weighted by Crippen LogP contribution is 2.14. The zero-order valence-corrected chi connectivity index (χ0v) is 8.71. The molecular formula is C8H10N4O2S. The summed E-state index contributed by atoms with van der Waals surface area (Å²) in [6, 6.07) is 1.65. The van der Waals surface area contributed by atoms with Crippen LogP contribution in [0.5, 0.6) is 0 Å². The average molecular weight is 226 g/mol. The number of hydrogen-bond acceptors (Lipinski definition) is 4. The molecule has 2 rings (SSSR count). The fourth-order valence-electron chi connectivity index (χ4n) is 1.23. The number of nitrogens with one attached hydrogen (secondary N) is 2. The quantitative estimate of drug-likeness (QED) is 0.753. The Morgan fingerprint density at radius 2 is 2.60 bits per heavy atom. The molecule has 0 saturated carbocycles. The molecule has 15 heavy (non-hydrogen) atoms. The Morgan fingerprint density at radius 1 is 1.73 bits per heavy atom. The van der Waals surface area contributed by atoms with Gasteiger partial charge in [-0.25, -0.2) is 0 Å². The van der Waals surface area contributed by atoms with Crippen LogP contribution in [0.2, 0.25) is 0 Å². The van der Waals surface area contributed by atoms with E-state index >= 15 is 0 Å². The van der Waals surface area contributed by atoms with Gasteiger partial charge in [-0.3, -0.25) is 14.7 Å². The summed E-state index contributed by atoms with van der Waals surface area (Å²) < 4.78 is 0. The topological polar surface area (TPSA) is 78.1 Å². The van der Waals surface area contributed by atoms with E-state index in [0.29, 0.717) is 17.4 Å². The van der Waals surface area contributed by atoms with Gasteiger partial charge in [0.15, 0.2) is 0 Å². The molecule has 6 nitrogen and oxygen atoms in total. The molecule has 0 unspecified atom stereocenters. The Bertz CT molecular complexity index is 365. The van der Waals surface area contributed by atoms with E-state index in [1.54, 1.807) is 12.3 Å². The Labute approximate surface area is 90.4 Å². The highest BCUT2D eigenvalue weighted by Gasteiger charge is 2.22. The van der Waals surface area contributed by atoms with Crippen molar-refractivity contribution in [3.8, 4) is 0 Å². The summed E-state index contributed by atoms with van der Waals surface area (Å²) in [6.45, 7) is 0.102. The highest BCUT2D eigenvalue weighted by molar-refractivity contribution is 8.00. The molecule has 2 amide bonds. The third-order valence-corrected chi connectivity index (χ3v) is 2.88. The van der Waals surface area contributed by atoms with Gasteiger partial charge in [0.2, 0.25) is 11.8 Å². The minimum atomic E-state index is -0.213. The first-order valence-corrected chi connectivity index (χ1v) is 5.56. The van der Waals surface area contributed by atoms with Crippen LogP contribution in [0.15, 0.2) is 12.3 Å². The predicted molar refractivity (Wildman–Crippen MR) is 56.3 cm³/mol. The number of aromatic amines is 1. The van der Waals surface area contributed by atoms with Crippen LogP contribution in [-0.4, -0.2) is 45.1 Å². The normalized spacial score (nSPS) is 15.7. The van der Waals surface area contributed by atoms with E-state index in [1.165, 1.54) is 16.7 Å². The largest absolute Gasteiger partial charge is 0.323 e. The summed E-state index contributed by atoms with van der Waals surface area (Å²) in [5, 5.41) is 8.92. The summed E-state index contributed by atoms with van der Waals surface area (Å²) >= 11 is 1.52. The summed E-state index contributed by atoms with van der Waals surface area (Å²) in [4.78, 5) is 24.2. The van der Waals surface area contributed by atoms with Crippen LogP contribution in [-0.2, 0) is 9.59 Å². The summed E-state index contributed by atoms with van der Waals surface area (Å²) in [7, 11) is 0. The smallest absolute Gasteiger partial charge is 0.245 e. The van der Waals surface area contributed by atoms with Crippen LogP contribution < -0.4 is 5.32 Å². The van der Waals surface area contributed by atoms with Gasteiger partial charge in [0, 0.05) is 6.07 Å². The minimum Gasteiger partial charge on any atom is -0.323 e. The number of rotatable bonds is 3. The number of anilines is 1. The molecule has 1 aromatic rings. The molecule has 0 bridgehead atoms. The van der Waals surface area contributed by atoms with E-state index in [0.717, 1.165) is 0 Å². The first-order chi connectivity index (χ1) is 7.25. The molecule has 0 atom stereocenters. The number of thioether (sulfide) groups is 1. The van der Waals surface area contributed by atoms with Crippen molar-refractivity contribution in [3.63, 3.8) is 0 Å². The number of amides is 2. The lowest BCUT2D eigenvalue weighted by molar-refractivity contribution is -0.130. The lowest BCUT2D eigenvalue weighted by Gasteiger charge is -2.13. The van der Waals surface area contributed by atoms with Crippen molar-refractivity contribution in [2.45, 2.75) is 0 Å². The maximum absolute atomic E-state index is 11.4. The second kappa shape index (κ2) is 4.35. The van der Waals surface area contributed by atoms with E-state index in [2.05, 4.69) is 15.5 Å². The van der Waals surface area contributed by atoms with Gasteiger partial charge in [-0.2, -0.15) is 5.10 Å². The van der Waals surface area contributed by atoms with Crippen molar-refractivity contribution in [2.24, 2.45) is 0 Å². The standard InChI is InChI=1S/C8H10N4O2S/c13-7(10-6-1-2-9-11-6)3-12-5-15-4-8(12)14/h1-2H,3-5H2,(H2,9,10,11,13). The van der Waals surface area contributed by atoms with Crippen LogP contribution in [0, 0.1) is 0 Å². The highest BCUT2D eigenvalue weighted by atomic mass is 32.2. The number of carbonyl (C=O) groups excluding carboxylic acids is 2. The first kappa shape index (κ1) is 10.0. The number of hydrogen-bond donors (Lipinski definition) is 2. The fraction of sp³-hybridized carbons (Fsp3) is 0.375. The molecule has 0 aromatic carbocycles. The molecule has 0 aliphatic carbocycles. The van der Waals surface area contributed by atoms with Crippen molar-refractivity contribution in [2.75, 3.05) is 23.5 Å². The van der Waals surface area contributed by atoms with Gasteiger partial charge in [-0.05, 0) is 0 Å². The molecule has 0 spiro atoms. The SMILES string of the molecule is O=C(CN1CSCC1=O)Nc1ccn[nH]1. The first-order valence-electron chi connectivity index (χ1n) is 4.40. The van der Waals surface area contributed by atoms with E-state index in [4.69, 9.17) is 0 Å². The van der Waals surface area contributed by atoms with E-state index in [9.17, 15) is 9.59 Å². The molecule has 1 aliphatic heterocycles. The lowest BCUT2D eigenvalue weighted by Crippen LogP contribution is -2.34. The second-order valence-corrected chi connectivity index (χ2v) is 4.04. The number of H-pyrrole nitrogens is 1. The van der Waals surface area contributed by atoms with Gasteiger partial charge in [0.25, 0.3) is 0 Å². The zero-order valence-electron chi connectivity index (χ0n) is 7.90. The summed E-state index contributed by atoms with van der Waals surface area (Å²) in [6.07, 6.45) is 1.55. The molecule has 1 aromatic heterocycles. The predicted octanol–water partition coefficient (Wildman–Crippen LogP) is -0.119. The maximum Gasteiger partial charge on any atom is 0.245 e. The van der Waals surface area contributed by atoms with E-state index < -0.39 is 0 Å². The molecule has 2 heterocycles. The maximum atomic E-state index is 11.4. The van der Waals surface area contributed by atoms with Crippen LogP contribution in [0.3, 0.4) is 0 Å². The Kier molecular flexibility index (Phi) is 2.91. The van der Waals surface area contributed by atoms with Crippen molar-refractivity contribution < 1.29 is 9.59 Å². The van der Waals surface area contributed by atoms with E-state index in [-0.39, 0.29) is 18.4 Å². The van der Waals surface area contributed by atoms with Crippen LogP contribution >= 0.6 is 11.8 Å². The lowest BCUT2D eigenvalue weighted by atomic mass is 10.5. The molecular weight excluding hydrogens is 216 g/mol. The zero-order chi connectivity index (χ0) is 10.7. The number of aromatic nitrogens is 2. The van der Waals surface area contributed by atoms with Gasteiger partial charge >= 0.3 is 0 Å². The van der Waals surface area contributed by atoms with Gasteiger partial charge in [0.1, 0.15) is 12.4 Å². The minimum absolute atomic E-state index is 0.0137. The van der Waals surface area contributed by atoms with Gasteiger partial charge in [-0.15, -0.1) is 11.8 Å².